The van der Waals surface area contributed by atoms with Crippen molar-refractivity contribution >= 4 is 35.0 Å². The highest BCUT2D eigenvalue weighted by Gasteiger charge is 2.71. The normalized spacial score (nSPS) is 27.6. The molecule has 4 aromatic rings. The first kappa shape index (κ1) is 31.0. The number of nitrogens with one attached hydrogen (secondary N) is 1. The van der Waals surface area contributed by atoms with Crippen LogP contribution >= 0.6 is 0 Å². The maximum absolute atomic E-state index is 15.1. The summed E-state index contributed by atoms with van der Waals surface area (Å²) in [5.74, 6) is -4.06. The first-order valence-electron chi connectivity index (χ1n) is 16.9. The van der Waals surface area contributed by atoms with Crippen molar-refractivity contribution < 1.29 is 28.7 Å². The second-order valence-electron chi connectivity index (χ2n) is 13.6. The van der Waals surface area contributed by atoms with Crippen LogP contribution in [0.1, 0.15) is 53.9 Å². The van der Waals surface area contributed by atoms with E-state index in [1.54, 1.807) is 12.1 Å². The van der Waals surface area contributed by atoms with Crippen LogP contribution in [0.25, 0.3) is 0 Å². The van der Waals surface area contributed by atoms with Crippen LogP contribution in [0.2, 0.25) is 0 Å². The number of allylic oxidation sites excluding steroid dienone is 2. The Balaban J connectivity index is 1.28. The van der Waals surface area contributed by atoms with Crippen molar-refractivity contribution in [2.45, 2.75) is 51.0 Å². The number of nitrogens with zero attached hydrogens (tertiary/aromatic N) is 2. The number of carbonyl (C=O) groups excluding carboxylic acids is 4. The number of hydrogen-bond donors (Lipinski definition) is 2. The molecule has 1 aromatic heterocycles. The minimum Gasteiger partial charge on any atom is -0.463 e. The molecule has 0 spiro atoms. The summed E-state index contributed by atoms with van der Waals surface area (Å²) in [4.78, 5) is 59.5. The molecule has 0 unspecified atom stereocenters. The van der Waals surface area contributed by atoms with Gasteiger partial charge in [0, 0.05) is 0 Å². The molecule has 4 amide bonds. The third-order valence-corrected chi connectivity index (χ3v) is 11.1. The van der Waals surface area contributed by atoms with Crippen LogP contribution in [0, 0.1) is 30.6 Å². The molecular formula is C40H37N3O6. The van der Waals surface area contributed by atoms with Crippen LogP contribution in [-0.4, -0.2) is 33.7 Å². The fourth-order valence-electron chi connectivity index (χ4n) is 8.83. The van der Waals surface area contributed by atoms with E-state index in [0.29, 0.717) is 34.9 Å². The van der Waals surface area contributed by atoms with Gasteiger partial charge in [-0.05, 0) is 79.6 Å². The fraction of sp³-hybridized carbons (Fsp3) is 0.300. The fourth-order valence-corrected chi connectivity index (χ4v) is 8.83. The van der Waals surface area contributed by atoms with Gasteiger partial charge in [-0.15, -0.1) is 0 Å². The summed E-state index contributed by atoms with van der Waals surface area (Å²) in [7, 11) is 0. The molecule has 2 saturated heterocycles. The molecule has 2 N–H and O–H groups in total. The van der Waals surface area contributed by atoms with Gasteiger partial charge >= 0.3 is 0 Å². The smallest absolute Gasteiger partial charge is 0.260 e. The molecule has 9 nitrogen and oxygen atoms in total. The summed E-state index contributed by atoms with van der Waals surface area (Å²) in [5, 5.41) is 11.1. The van der Waals surface area contributed by atoms with Crippen LogP contribution in [0.3, 0.4) is 0 Å². The maximum Gasteiger partial charge on any atom is 0.260 e. The number of benzene rings is 3. The van der Waals surface area contributed by atoms with E-state index in [-0.39, 0.29) is 24.8 Å². The molecule has 49 heavy (non-hydrogen) atoms. The minimum absolute atomic E-state index is 0.199. The number of fused-ring (bicyclic) bond motifs is 4. The monoisotopic (exact) mass is 655 g/mol. The van der Waals surface area contributed by atoms with Gasteiger partial charge in [0.25, 0.3) is 11.8 Å². The summed E-state index contributed by atoms with van der Waals surface area (Å²) in [6.07, 6.45) is 3.35. The standard InChI is InChI=1S/C40H37N3O6/c1-3-24-11-15-27(16-12-24)42-36(45)30-19-18-29-31(34(30)38(42)47)21-32-37(46)43(41-26-13-9-23(2)10-14-26)39(48)40(32,25-7-5-4-6-8-25)35(29)33-20-17-28(22-44)49-33/h4-18,20,30-32,34-35,41,44H,3,19,21-22H2,1-2H3/t30-,31+,32-,34-,35+,40+/m0/s1. The molecule has 0 bridgehead atoms. The highest BCUT2D eigenvalue weighted by atomic mass is 16.4. The predicted octanol–water partition coefficient (Wildman–Crippen LogP) is 5.83. The SMILES string of the molecule is CCc1ccc(N2C(=O)[C@H]3[C@H](CC=C4[C@H]3C[C@H]3C(=O)N(Nc5ccc(C)cc5)C(=O)[C@@]3(c3ccccc3)[C@H]4c3ccc(CO)o3)C2=O)cc1. The van der Waals surface area contributed by atoms with E-state index in [4.69, 9.17) is 4.42 Å². The number of aliphatic hydroxyl groups is 1. The second-order valence-corrected chi connectivity index (χ2v) is 13.6. The summed E-state index contributed by atoms with van der Waals surface area (Å²) < 4.78 is 6.24. The molecule has 9 heteroatoms. The number of hydrogen-bond acceptors (Lipinski definition) is 7. The Bertz CT molecular complexity index is 2000. The van der Waals surface area contributed by atoms with Crippen LogP contribution < -0.4 is 10.3 Å². The summed E-state index contributed by atoms with van der Waals surface area (Å²) in [6.45, 7) is 3.67. The van der Waals surface area contributed by atoms with Crippen LogP contribution in [-0.2, 0) is 37.6 Å². The van der Waals surface area contributed by atoms with Gasteiger partial charge in [-0.3, -0.25) is 29.5 Å². The average molecular weight is 656 g/mol. The number of aryl methyl sites for hydroxylation is 2. The van der Waals surface area contributed by atoms with Gasteiger partial charge in [0.05, 0.1) is 35.0 Å². The Morgan fingerprint density at radius 3 is 2.27 bits per heavy atom. The van der Waals surface area contributed by atoms with Crippen molar-refractivity contribution in [1.82, 2.24) is 5.01 Å². The Hall–Kier alpha value is -5.28. The van der Waals surface area contributed by atoms with Gasteiger partial charge in [0.2, 0.25) is 11.8 Å². The number of rotatable bonds is 7. The molecule has 2 aliphatic carbocycles. The highest BCUT2D eigenvalue weighted by molar-refractivity contribution is 6.22. The Labute approximate surface area is 284 Å². The van der Waals surface area contributed by atoms with Gasteiger partial charge in [0.1, 0.15) is 23.5 Å². The number of carbonyl (C=O) groups is 4. The van der Waals surface area contributed by atoms with Gasteiger partial charge in [-0.1, -0.05) is 78.7 Å². The van der Waals surface area contributed by atoms with E-state index < -0.39 is 46.8 Å². The first-order chi connectivity index (χ1) is 23.8. The van der Waals surface area contributed by atoms with E-state index in [2.05, 4.69) is 5.43 Å². The number of furan rings is 1. The van der Waals surface area contributed by atoms with Crippen LogP contribution in [0.4, 0.5) is 11.4 Å². The van der Waals surface area contributed by atoms with Crippen molar-refractivity contribution in [3.63, 3.8) is 0 Å². The lowest BCUT2D eigenvalue weighted by atomic mass is 9.50. The summed E-state index contributed by atoms with van der Waals surface area (Å²) in [6, 6.07) is 27.7. The van der Waals surface area contributed by atoms with Crippen LogP contribution in [0.15, 0.2) is 107 Å². The average Bonchev–Trinajstić information content (AvgIpc) is 3.77. The number of anilines is 2. The lowest BCUT2D eigenvalue weighted by Crippen LogP contribution is -2.53. The third-order valence-electron chi connectivity index (χ3n) is 11.1. The van der Waals surface area contributed by atoms with Gasteiger partial charge in [-0.25, -0.2) is 0 Å². The van der Waals surface area contributed by atoms with E-state index in [1.165, 1.54) is 4.90 Å². The molecule has 8 rings (SSSR count). The molecule has 3 fully saturated rings. The van der Waals surface area contributed by atoms with E-state index >= 15 is 4.79 Å². The highest BCUT2D eigenvalue weighted by Crippen LogP contribution is 2.64. The second kappa shape index (κ2) is 11.7. The van der Waals surface area contributed by atoms with Crippen molar-refractivity contribution in [1.29, 1.82) is 0 Å². The van der Waals surface area contributed by atoms with Crippen molar-refractivity contribution in [2.24, 2.45) is 23.7 Å². The van der Waals surface area contributed by atoms with Crippen molar-refractivity contribution in [3.05, 3.63) is 131 Å². The Kier molecular flexibility index (Phi) is 7.41. The van der Waals surface area contributed by atoms with Gasteiger partial charge < -0.3 is 9.52 Å². The molecular weight excluding hydrogens is 618 g/mol. The zero-order valence-electron chi connectivity index (χ0n) is 27.3. The number of imide groups is 2. The Morgan fingerprint density at radius 1 is 0.857 bits per heavy atom. The predicted molar refractivity (Wildman–Crippen MR) is 182 cm³/mol. The molecule has 0 radical (unpaired) electrons. The number of hydrazine groups is 1. The van der Waals surface area contributed by atoms with E-state index in [0.717, 1.165) is 28.1 Å². The lowest BCUT2D eigenvalue weighted by molar-refractivity contribution is -0.138. The van der Waals surface area contributed by atoms with Gasteiger partial charge in [0.15, 0.2) is 0 Å². The molecule has 4 aliphatic rings. The maximum atomic E-state index is 15.1. The third kappa shape index (κ3) is 4.55. The zero-order chi connectivity index (χ0) is 34.0. The topological polar surface area (TPSA) is 120 Å². The largest absolute Gasteiger partial charge is 0.463 e. The molecule has 3 heterocycles. The molecule has 6 atom stereocenters. The summed E-state index contributed by atoms with van der Waals surface area (Å²) in [5.41, 5.74) is 6.41. The van der Waals surface area contributed by atoms with Gasteiger partial charge in [-0.2, -0.15) is 5.01 Å². The lowest BCUT2D eigenvalue weighted by Gasteiger charge is -2.49. The molecule has 248 valence electrons. The quantitative estimate of drug-likeness (QED) is 0.190. The number of aliphatic hydroxyl groups excluding tert-OH is 1. The molecule has 2 aliphatic heterocycles. The Morgan fingerprint density at radius 2 is 1.59 bits per heavy atom. The summed E-state index contributed by atoms with van der Waals surface area (Å²) >= 11 is 0. The van der Waals surface area contributed by atoms with E-state index in [9.17, 15) is 19.5 Å². The van der Waals surface area contributed by atoms with Crippen LogP contribution in [0.5, 0.6) is 0 Å². The first-order valence-corrected chi connectivity index (χ1v) is 16.9. The minimum atomic E-state index is -1.42. The van der Waals surface area contributed by atoms with E-state index in [1.807, 2.05) is 98.8 Å². The molecule has 1 saturated carbocycles. The van der Waals surface area contributed by atoms with Crippen molar-refractivity contribution in [2.75, 3.05) is 10.3 Å². The number of amides is 4. The molecule has 3 aromatic carbocycles. The van der Waals surface area contributed by atoms with Crippen molar-refractivity contribution in [3.8, 4) is 0 Å². The zero-order valence-corrected chi connectivity index (χ0v) is 27.3.